The highest BCUT2D eigenvalue weighted by atomic mass is 32.1. The lowest BCUT2D eigenvalue weighted by atomic mass is 10.2. The van der Waals surface area contributed by atoms with E-state index in [1.165, 1.54) is 17.2 Å². The topological polar surface area (TPSA) is 51.2 Å². The Morgan fingerprint density at radius 2 is 0.889 bits per heavy atom. The van der Waals surface area contributed by atoms with Gasteiger partial charge in [-0.25, -0.2) is 4.57 Å². The van der Waals surface area contributed by atoms with Crippen LogP contribution in [0.15, 0.2) is 121 Å². The van der Waals surface area contributed by atoms with E-state index < -0.39 is 7.82 Å². The second-order valence-corrected chi connectivity index (χ2v) is 9.75. The van der Waals surface area contributed by atoms with Crippen molar-refractivity contribution in [3.05, 3.63) is 132 Å². The number of thiocarbonyl (C=S) groups is 2. The molecule has 0 amide bonds. The summed E-state index contributed by atoms with van der Waals surface area (Å²) in [6.45, 7) is 0. The Labute approximate surface area is 221 Å². The number of benzene rings is 4. The average Bonchev–Trinajstić information content (AvgIpc) is 2.96. The lowest BCUT2D eigenvalue weighted by Gasteiger charge is -2.31. The van der Waals surface area contributed by atoms with Crippen LogP contribution in [-0.2, 0) is 18.3 Å². The van der Waals surface area contributed by atoms with Gasteiger partial charge in [0.2, 0.25) is 0 Å². The van der Waals surface area contributed by atoms with Crippen LogP contribution in [0.2, 0.25) is 0 Å². The van der Waals surface area contributed by atoms with Crippen molar-refractivity contribution in [1.82, 2.24) is 0 Å². The summed E-state index contributed by atoms with van der Waals surface area (Å²) in [5.41, 5.74) is 2.48. The van der Waals surface area contributed by atoms with E-state index in [2.05, 4.69) is 0 Å². The Kier molecular flexibility index (Phi) is 8.72. The number of rotatable bonds is 9. The molecule has 9 heteroatoms. The van der Waals surface area contributed by atoms with Crippen molar-refractivity contribution in [1.29, 1.82) is 0 Å². The van der Waals surface area contributed by atoms with Crippen LogP contribution in [0.4, 0.5) is 11.4 Å². The van der Waals surface area contributed by atoms with E-state index in [-0.39, 0.29) is 9.98 Å². The molecule has 0 N–H and O–H groups in total. The lowest BCUT2D eigenvalue weighted by molar-refractivity contribution is 0.139. The molecule has 0 atom stereocenters. The van der Waals surface area contributed by atoms with Crippen molar-refractivity contribution in [3.63, 3.8) is 0 Å². The van der Waals surface area contributed by atoms with Crippen molar-refractivity contribution in [2.24, 2.45) is 0 Å². The molecule has 4 rings (SSSR count). The highest BCUT2D eigenvalue weighted by Crippen LogP contribution is 2.52. The van der Waals surface area contributed by atoms with Crippen LogP contribution in [0.5, 0.6) is 0 Å². The second kappa shape index (κ2) is 12.1. The van der Waals surface area contributed by atoms with Crippen LogP contribution in [-0.4, -0.2) is 17.1 Å². The van der Waals surface area contributed by atoms with Gasteiger partial charge in [0.25, 0.3) is 0 Å². The van der Waals surface area contributed by atoms with Gasteiger partial charge in [0.15, 0.2) is 0 Å². The lowest BCUT2D eigenvalue weighted by Crippen LogP contribution is -2.34. The largest absolute Gasteiger partial charge is 0.518 e. The van der Waals surface area contributed by atoms with Gasteiger partial charge < -0.3 is 0 Å². The van der Waals surface area contributed by atoms with Gasteiger partial charge in [0.05, 0.1) is 11.4 Å². The normalized spacial score (nSPS) is 11.0. The SMILES string of the molecule is COP(=O)(ON(C(=S)c1ccccc1)c1ccccc1)ON(C(=S)c1ccccc1)c1ccccc1. The number of hydrogen-bond acceptors (Lipinski definition) is 6. The quantitative estimate of drug-likeness (QED) is 0.125. The fourth-order valence-corrected chi connectivity index (χ4v) is 4.79. The van der Waals surface area contributed by atoms with Gasteiger partial charge in [-0.2, -0.15) is 19.4 Å². The third kappa shape index (κ3) is 6.30. The maximum atomic E-state index is 14.0. The molecule has 182 valence electrons. The van der Waals surface area contributed by atoms with E-state index in [0.717, 1.165) is 0 Å². The number of anilines is 2. The fourth-order valence-electron chi connectivity index (χ4n) is 3.21. The molecule has 0 radical (unpaired) electrons. The predicted molar refractivity (Wildman–Crippen MR) is 151 cm³/mol. The Balaban J connectivity index is 1.70. The van der Waals surface area contributed by atoms with Crippen molar-refractivity contribution in [2.45, 2.75) is 0 Å². The van der Waals surface area contributed by atoms with Gasteiger partial charge in [-0.15, -0.1) is 0 Å². The minimum atomic E-state index is -4.32. The minimum absolute atomic E-state index is 0.277. The summed E-state index contributed by atoms with van der Waals surface area (Å²) in [5.74, 6) is 0. The Morgan fingerprint density at radius 3 is 1.19 bits per heavy atom. The molecule has 6 nitrogen and oxygen atoms in total. The standard InChI is InChI=1S/C27H23N2O4PS2/c1-31-34(30,32-28(24-18-10-4-11-19-24)26(35)22-14-6-2-7-15-22)33-29(25-20-12-5-13-21-25)27(36)23-16-8-3-9-17-23/h2-21H,1H3. The number of hydrogen-bond donors (Lipinski definition) is 0. The molecule has 0 bridgehead atoms. The van der Waals surface area contributed by atoms with Crippen molar-refractivity contribution in [3.8, 4) is 0 Å². The van der Waals surface area contributed by atoms with Crippen molar-refractivity contribution >= 4 is 53.6 Å². The molecule has 0 spiro atoms. The smallest absolute Gasteiger partial charge is 0.288 e. The van der Waals surface area contributed by atoms with Gasteiger partial charge in [-0.1, -0.05) is 121 Å². The average molecular weight is 535 g/mol. The van der Waals surface area contributed by atoms with E-state index in [1.54, 1.807) is 24.3 Å². The maximum absolute atomic E-state index is 14.0. The van der Waals surface area contributed by atoms with Gasteiger partial charge in [0.1, 0.15) is 9.98 Å². The van der Waals surface area contributed by atoms with Crippen LogP contribution in [0.25, 0.3) is 0 Å². The Bertz CT molecular complexity index is 1240. The molecule has 0 heterocycles. The zero-order chi connectivity index (χ0) is 25.4. The molecule has 0 saturated carbocycles. The van der Waals surface area contributed by atoms with E-state index in [1.807, 2.05) is 97.1 Å². The highest BCUT2D eigenvalue weighted by Gasteiger charge is 2.36. The summed E-state index contributed by atoms with van der Waals surface area (Å²) in [6, 6.07) is 36.6. The first-order chi connectivity index (χ1) is 17.5. The number of hydroxylamine groups is 2. The van der Waals surface area contributed by atoms with Crippen LogP contribution in [0, 0.1) is 0 Å². The Hall–Kier alpha value is -3.23. The first kappa shape index (κ1) is 25.9. The molecule has 0 aliphatic carbocycles. The summed E-state index contributed by atoms with van der Waals surface area (Å²) in [4.78, 5) is 0.555. The molecule has 36 heavy (non-hydrogen) atoms. The van der Waals surface area contributed by atoms with Gasteiger partial charge in [-0.3, -0.25) is 4.52 Å². The van der Waals surface area contributed by atoms with Crippen LogP contribution < -0.4 is 10.1 Å². The third-order valence-electron chi connectivity index (χ3n) is 4.98. The highest BCUT2D eigenvalue weighted by molar-refractivity contribution is 7.81. The molecule has 0 unspecified atom stereocenters. The molecule has 0 aliphatic rings. The monoisotopic (exact) mass is 534 g/mol. The molecular formula is C27H23N2O4PS2. The van der Waals surface area contributed by atoms with Crippen LogP contribution >= 0.6 is 32.3 Å². The summed E-state index contributed by atoms with van der Waals surface area (Å²) in [7, 11) is -3.07. The number of phosphoric acid groups is 1. The van der Waals surface area contributed by atoms with E-state index in [0.29, 0.717) is 22.5 Å². The fraction of sp³-hybridized carbons (Fsp3) is 0.0370. The van der Waals surface area contributed by atoms with E-state index >= 15 is 0 Å². The summed E-state index contributed by atoms with van der Waals surface area (Å²) >= 11 is 11.4. The molecule has 0 aliphatic heterocycles. The molecule has 0 saturated heterocycles. The van der Waals surface area contributed by atoms with E-state index in [9.17, 15) is 4.57 Å². The van der Waals surface area contributed by atoms with Crippen LogP contribution in [0.3, 0.4) is 0 Å². The number of para-hydroxylation sites is 2. The number of nitrogens with zero attached hydrogens (tertiary/aromatic N) is 2. The molecule has 0 aromatic heterocycles. The van der Waals surface area contributed by atoms with Crippen molar-refractivity contribution < 1.29 is 18.3 Å². The predicted octanol–water partition coefficient (Wildman–Crippen LogP) is 7.37. The van der Waals surface area contributed by atoms with E-state index in [4.69, 9.17) is 38.2 Å². The van der Waals surface area contributed by atoms with Gasteiger partial charge >= 0.3 is 7.82 Å². The van der Waals surface area contributed by atoms with Gasteiger partial charge in [0, 0.05) is 18.2 Å². The first-order valence-electron chi connectivity index (χ1n) is 10.9. The van der Waals surface area contributed by atoms with Crippen LogP contribution in [0.1, 0.15) is 11.1 Å². The molecule has 4 aromatic carbocycles. The Morgan fingerprint density at radius 1 is 0.583 bits per heavy atom. The zero-order valence-corrected chi connectivity index (χ0v) is 21.9. The summed E-state index contributed by atoms with van der Waals surface area (Å²) < 4.78 is 31.1. The third-order valence-corrected chi connectivity index (χ3v) is 6.96. The summed E-state index contributed by atoms with van der Waals surface area (Å²) in [5, 5.41) is 2.54. The molecule has 4 aromatic rings. The minimum Gasteiger partial charge on any atom is -0.288 e. The maximum Gasteiger partial charge on any atom is 0.518 e. The van der Waals surface area contributed by atoms with Crippen molar-refractivity contribution in [2.75, 3.05) is 17.2 Å². The summed E-state index contributed by atoms with van der Waals surface area (Å²) in [6.07, 6.45) is 0. The first-order valence-corrected chi connectivity index (χ1v) is 13.2. The molecular weight excluding hydrogens is 511 g/mol. The molecule has 0 fully saturated rings. The second-order valence-electron chi connectivity index (χ2n) is 7.40. The van der Waals surface area contributed by atoms with Gasteiger partial charge in [-0.05, 0) is 24.3 Å². The zero-order valence-electron chi connectivity index (χ0n) is 19.3.